The van der Waals surface area contributed by atoms with Crippen molar-refractivity contribution in [3.05, 3.63) is 57.6 Å². The summed E-state index contributed by atoms with van der Waals surface area (Å²) in [4.78, 5) is 10.7. The second-order valence-corrected chi connectivity index (χ2v) is 4.28. The molecular formula is C14H13NO3. The van der Waals surface area contributed by atoms with Gasteiger partial charge in [0.05, 0.1) is 10.5 Å². The van der Waals surface area contributed by atoms with Crippen LogP contribution in [-0.4, -0.2) is 10.0 Å². The Kier molecular flexibility index (Phi) is 3.02. The topological polar surface area (TPSA) is 63.4 Å². The fraction of sp³-hybridized carbons (Fsp3) is 0.143. The minimum absolute atomic E-state index is 0.0834. The van der Waals surface area contributed by atoms with E-state index >= 15 is 0 Å². The van der Waals surface area contributed by atoms with Gasteiger partial charge in [-0.1, -0.05) is 12.1 Å². The van der Waals surface area contributed by atoms with Crippen LogP contribution in [0.3, 0.4) is 0 Å². The molecule has 2 aromatic rings. The molecule has 18 heavy (non-hydrogen) atoms. The molecule has 0 bridgehead atoms. The van der Waals surface area contributed by atoms with Gasteiger partial charge in [0.2, 0.25) is 0 Å². The molecule has 0 unspecified atom stereocenters. The summed E-state index contributed by atoms with van der Waals surface area (Å²) in [6.07, 6.45) is 0. The van der Waals surface area contributed by atoms with E-state index in [1.807, 2.05) is 13.0 Å². The summed E-state index contributed by atoms with van der Waals surface area (Å²) >= 11 is 0. The van der Waals surface area contributed by atoms with Crippen LogP contribution in [0.1, 0.15) is 11.1 Å². The summed E-state index contributed by atoms with van der Waals surface area (Å²) in [5, 5.41) is 20.5. The molecule has 0 saturated carbocycles. The van der Waals surface area contributed by atoms with Crippen LogP contribution in [0.2, 0.25) is 0 Å². The number of phenolic OH excluding ortho intramolecular Hbond substituents is 1. The van der Waals surface area contributed by atoms with E-state index in [1.54, 1.807) is 37.3 Å². The molecular weight excluding hydrogens is 230 g/mol. The summed E-state index contributed by atoms with van der Waals surface area (Å²) in [6, 6.07) is 10.1. The standard InChI is InChI=1S/C14H13NO3/c1-9-3-5-12(13(7-9)15(17)18)11-4-6-14(16)10(2)8-11/h3-8,16H,1-2H3. The Hall–Kier alpha value is -2.36. The molecule has 0 spiro atoms. The van der Waals surface area contributed by atoms with Crippen molar-refractivity contribution in [3.63, 3.8) is 0 Å². The molecule has 2 aromatic carbocycles. The average molecular weight is 243 g/mol. The second-order valence-electron chi connectivity index (χ2n) is 4.28. The Morgan fingerprint density at radius 3 is 2.44 bits per heavy atom. The van der Waals surface area contributed by atoms with Crippen LogP contribution < -0.4 is 0 Å². The van der Waals surface area contributed by atoms with Crippen LogP contribution in [0.4, 0.5) is 5.69 Å². The van der Waals surface area contributed by atoms with Gasteiger partial charge in [0.25, 0.3) is 5.69 Å². The Morgan fingerprint density at radius 2 is 1.83 bits per heavy atom. The number of aryl methyl sites for hydroxylation is 2. The van der Waals surface area contributed by atoms with Crippen molar-refractivity contribution in [1.29, 1.82) is 0 Å². The Morgan fingerprint density at radius 1 is 1.11 bits per heavy atom. The van der Waals surface area contributed by atoms with Gasteiger partial charge in [-0.2, -0.15) is 0 Å². The maximum absolute atomic E-state index is 11.1. The fourth-order valence-corrected chi connectivity index (χ4v) is 1.86. The molecule has 0 radical (unpaired) electrons. The lowest BCUT2D eigenvalue weighted by Gasteiger charge is -2.06. The molecule has 4 heteroatoms. The predicted octanol–water partition coefficient (Wildman–Crippen LogP) is 3.58. The summed E-state index contributed by atoms with van der Waals surface area (Å²) in [6.45, 7) is 3.58. The Bertz CT molecular complexity index is 620. The van der Waals surface area contributed by atoms with E-state index in [1.165, 1.54) is 0 Å². The van der Waals surface area contributed by atoms with Crippen molar-refractivity contribution in [3.8, 4) is 16.9 Å². The highest BCUT2D eigenvalue weighted by Crippen LogP contribution is 2.32. The number of hydrogen-bond acceptors (Lipinski definition) is 3. The maximum Gasteiger partial charge on any atom is 0.277 e. The van der Waals surface area contributed by atoms with Gasteiger partial charge < -0.3 is 5.11 Å². The van der Waals surface area contributed by atoms with Crippen molar-refractivity contribution in [2.45, 2.75) is 13.8 Å². The first-order valence-electron chi connectivity index (χ1n) is 5.54. The largest absolute Gasteiger partial charge is 0.508 e. The summed E-state index contributed by atoms with van der Waals surface area (Å²) in [5.74, 6) is 0.188. The van der Waals surface area contributed by atoms with Crippen LogP contribution in [0, 0.1) is 24.0 Å². The lowest BCUT2D eigenvalue weighted by Crippen LogP contribution is -1.93. The van der Waals surface area contributed by atoms with Crippen LogP contribution in [0.5, 0.6) is 5.75 Å². The molecule has 0 aliphatic rings. The van der Waals surface area contributed by atoms with E-state index in [0.29, 0.717) is 11.1 Å². The van der Waals surface area contributed by atoms with Crippen molar-refractivity contribution in [2.24, 2.45) is 0 Å². The van der Waals surface area contributed by atoms with E-state index in [4.69, 9.17) is 0 Å². The van der Waals surface area contributed by atoms with Crippen LogP contribution in [-0.2, 0) is 0 Å². The van der Waals surface area contributed by atoms with E-state index in [9.17, 15) is 15.2 Å². The van der Waals surface area contributed by atoms with Gasteiger partial charge >= 0.3 is 0 Å². The molecule has 1 N–H and O–H groups in total. The number of nitro benzene ring substituents is 1. The third kappa shape index (κ3) is 2.18. The van der Waals surface area contributed by atoms with Gasteiger partial charge in [-0.3, -0.25) is 10.1 Å². The zero-order valence-corrected chi connectivity index (χ0v) is 10.2. The molecule has 0 saturated heterocycles. The van der Waals surface area contributed by atoms with E-state index in [0.717, 1.165) is 11.1 Å². The van der Waals surface area contributed by atoms with Crippen molar-refractivity contribution in [2.75, 3.05) is 0 Å². The molecule has 0 aromatic heterocycles. The number of aromatic hydroxyl groups is 1. The smallest absolute Gasteiger partial charge is 0.277 e. The van der Waals surface area contributed by atoms with Crippen LogP contribution in [0.25, 0.3) is 11.1 Å². The monoisotopic (exact) mass is 243 g/mol. The highest BCUT2D eigenvalue weighted by molar-refractivity contribution is 5.75. The second kappa shape index (κ2) is 4.49. The maximum atomic E-state index is 11.1. The SMILES string of the molecule is Cc1ccc(-c2ccc(O)c(C)c2)c([N+](=O)[O-])c1. The fourth-order valence-electron chi connectivity index (χ4n) is 1.86. The summed E-state index contributed by atoms with van der Waals surface area (Å²) in [5.41, 5.74) is 2.93. The lowest BCUT2D eigenvalue weighted by molar-refractivity contribution is -0.384. The van der Waals surface area contributed by atoms with Crippen LogP contribution in [0.15, 0.2) is 36.4 Å². The Balaban J connectivity index is 2.63. The number of benzene rings is 2. The molecule has 2 rings (SSSR count). The van der Waals surface area contributed by atoms with Crippen molar-refractivity contribution in [1.82, 2.24) is 0 Å². The van der Waals surface area contributed by atoms with Gasteiger partial charge in [-0.15, -0.1) is 0 Å². The average Bonchev–Trinajstić information content (AvgIpc) is 2.32. The highest BCUT2D eigenvalue weighted by atomic mass is 16.6. The van der Waals surface area contributed by atoms with Crippen molar-refractivity contribution >= 4 is 5.69 Å². The molecule has 0 aliphatic carbocycles. The molecule has 0 heterocycles. The first-order chi connectivity index (χ1) is 8.49. The minimum Gasteiger partial charge on any atom is -0.508 e. The van der Waals surface area contributed by atoms with E-state index in [2.05, 4.69) is 0 Å². The summed E-state index contributed by atoms with van der Waals surface area (Å²) in [7, 11) is 0. The van der Waals surface area contributed by atoms with E-state index < -0.39 is 0 Å². The molecule has 92 valence electrons. The zero-order chi connectivity index (χ0) is 13.3. The molecule has 0 fully saturated rings. The first kappa shape index (κ1) is 12.1. The number of nitrogens with zero attached hydrogens (tertiary/aromatic N) is 1. The van der Waals surface area contributed by atoms with Gasteiger partial charge in [0.1, 0.15) is 5.75 Å². The highest BCUT2D eigenvalue weighted by Gasteiger charge is 2.15. The van der Waals surface area contributed by atoms with Crippen molar-refractivity contribution < 1.29 is 10.0 Å². The number of rotatable bonds is 2. The zero-order valence-electron chi connectivity index (χ0n) is 10.2. The summed E-state index contributed by atoms with van der Waals surface area (Å²) < 4.78 is 0. The third-order valence-corrected chi connectivity index (χ3v) is 2.86. The van der Waals surface area contributed by atoms with Gasteiger partial charge in [-0.05, 0) is 48.7 Å². The quantitative estimate of drug-likeness (QED) is 0.647. The number of phenols is 1. The van der Waals surface area contributed by atoms with Gasteiger partial charge in [0, 0.05) is 6.07 Å². The van der Waals surface area contributed by atoms with Gasteiger partial charge in [0.15, 0.2) is 0 Å². The Labute approximate surface area is 105 Å². The van der Waals surface area contributed by atoms with E-state index in [-0.39, 0.29) is 16.4 Å². The predicted molar refractivity (Wildman–Crippen MR) is 69.7 cm³/mol. The lowest BCUT2D eigenvalue weighted by atomic mass is 10.00. The van der Waals surface area contributed by atoms with Crippen LogP contribution >= 0.6 is 0 Å². The molecule has 0 amide bonds. The molecule has 0 atom stereocenters. The molecule has 4 nitrogen and oxygen atoms in total. The normalized spacial score (nSPS) is 10.3. The molecule has 0 aliphatic heterocycles. The first-order valence-corrected chi connectivity index (χ1v) is 5.54. The number of nitro groups is 1. The minimum atomic E-state index is -0.384. The third-order valence-electron chi connectivity index (χ3n) is 2.86. The van der Waals surface area contributed by atoms with Gasteiger partial charge in [-0.25, -0.2) is 0 Å². The number of hydrogen-bond donors (Lipinski definition) is 1.